The molecule has 0 aromatic heterocycles. The van der Waals surface area contributed by atoms with Crippen molar-refractivity contribution in [3.05, 3.63) is 28.2 Å². The zero-order valence-electron chi connectivity index (χ0n) is 10.00. The first-order valence-electron chi connectivity index (χ1n) is 5.51. The van der Waals surface area contributed by atoms with E-state index in [0.717, 1.165) is 10.0 Å². The van der Waals surface area contributed by atoms with Gasteiger partial charge in [0.2, 0.25) is 0 Å². The molecule has 0 radical (unpaired) electrons. The predicted molar refractivity (Wildman–Crippen MR) is 70.8 cm³/mol. The van der Waals surface area contributed by atoms with Crippen LogP contribution in [0.3, 0.4) is 0 Å². The molecule has 0 aliphatic carbocycles. The van der Waals surface area contributed by atoms with E-state index in [9.17, 15) is 4.79 Å². The van der Waals surface area contributed by atoms with Crippen molar-refractivity contribution in [1.29, 1.82) is 0 Å². The van der Waals surface area contributed by atoms with E-state index in [-0.39, 0.29) is 5.91 Å². The highest BCUT2D eigenvalue weighted by Crippen LogP contribution is 2.22. The van der Waals surface area contributed by atoms with Crippen molar-refractivity contribution in [3.8, 4) is 5.75 Å². The highest BCUT2D eigenvalue weighted by Gasteiger charge is 2.13. The van der Waals surface area contributed by atoms with Crippen LogP contribution in [0.4, 0.5) is 0 Å². The topological polar surface area (TPSA) is 64.3 Å². The Bertz CT molecular complexity index is 396. The molecular formula is C12H17BrN2O2. The Balaban J connectivity index is 2.71. The number of hydrogen-bond donors (Lipinski definition) is 2. The lowest BCUT2D eigenvalue weighted by Crippen LogP contribution is -2.36. The number of nitrogens with one attached hydrogen (secondary N) is 1. The fraction of sp³-hybridized carbons (Fsp3) is 0.417. The predicted octanol–water partition coefficient (Wildman–Crippen LogP) is 1.81. The van der Waals surface area contributed by atoms with Crippen molar-refractivity contribution in [2.24, 2.45) is 5.73 Å². The number of ether oxygens (including phenoxy) is 1. The van der Waals surface area contributed by atoms with E-state index in [1.807, 2.05) is 19.1 Å². The standard InChI is InChI=1S/C12H17BrN2O2/c1-3-15-12(16)8(2)17-10-4-5-11(13)9(6-10)7-14/h4-6,8H,3,7,14H2,1-2H3,(H,15,16). The average molecular weight is 301 g/mol. The molecule has 3 N–H and O–H groups in total. The zero-order valence-corrected chi connectivity index (χ0v) is 11.6. The number of carbonyl (C=O) groups is 1. The van der Waals surface area contributed by atoms with E-state index in [1.165, 1.54) is 0 Å². The Labute approximate surface area is 110 Å². The van der Waals surface area contributed by atoms with Crippen molar-refractivity contribution in [1.82, 2.24) is 5.32 Å². The van der Waals surface area contributed by atoms with Gasteiger partial charge in [0.05, 0.1) is 0 Å². The van der Waals surface area contributed by atoms with Crippen molar-refractivity contribution < 1.29 is 9.53 Å². The molecule has 1 aromatic carbocycles. The fourth-order valence-corrected chi connectivity index (χ4v) is 1.76. The van der Waals surface area contributed by atoms with Gasteiger partial charge in [0, 0.05) is 17.6 Å². The lowest BCUT2D eigenvalue weighted by molar-refractivity contribution is -0.127. The molecule has 0 fully saturated rings. The Morgan fingerprint density at radius 1 is 1.59 bits per heavy atom. The van der Waals surface area contributed by atoms with E-state index in [1.54, 1.807) is 13.0 Å². The van der Waals surface area contributed by atoms with E-state index >= 15 is 0 Å². The number of hydrogen-bond acceptors (Lipinski definition) is 3. The number of carbonyl (C=O) groups excluding carboxylic acids is 1. The molecule has 4 nitrogen and oxygen atoms in total. The first kappa shape index (κ1) is 14.0. The van der Waals surface area contributed by atoms with Gasteiger partial charge in [-0.05, 0) is 37.6 Å². The van der Waals surface area contributed by atoms with E-state index in [4.69, 9.17) is 10.5 Å². The maximum absolute atomic E-state index is 11.5. The summed E-state index contributed by atoms with van der Waals surface area (Å²) in [6.07, 6.45) is -0.512. The van der Waals surface area contributed by atoms with E-state index in [0.29, 0.717) is 18.8 Å². The molecule has 0 saturated heterocycles. The van der Waals surface area contributed by atoms with Crippen LogP contribution in [-0.2, 0) is 11.3 Å². The highest BCUT2D eigenvalue weighted by molar-refractivity contribution is 9.10. The lowest BCUT2D eigenvalue weighted by Gasteiger charge is -2.15. The summed E-state index contributed by atoms with van der Waals surface area (Å²) in [5.74, 6) is 0.525. The SMILES string of the molecule is CCNC(=O)C(C)Oc1ccc(Br)c(CN)c1. The van der Waals surface area contributed by atoms with Gasteiger partial charge in [0.15, 0.2) is 6.10 Å². The smallest absolute Gasteiger partial charge is 0.260 e. The maximum Gasteiger partial charge on any atom is 0.260 e. The number of nitrogens with two attached hydrogens (primary N) is 1. The fourth-order valence-electron chi connectivity index (χ4n) is 1.36. The first-order chi connectivity index (χ1) is 8.08. The van der Waals surface area contributed by atoms with Crippen LogP contribution in [0.5, 0.6) is 5.75 Å². The Morgan fingerprint density at radius 2 is 2.29 bits per heavy atom. The molecule has 5 heteroatoms. The van der Waals surface area contributed by atoms with Gasteiger partial charge in [-0.1, -0.05) is 15.9 Å². The summed E-state index contributed by atoms with van der Waals surface area (Å²) in [4.78, 5) is 11.5. The lowest BCUT2D eigenvalue weighted by atomic mass is 10.2. The molecule has 94 valence electrons. The minimum atomic E-state index is -0.512. The second-order valence-corrected chi connectivity index (χ2v) is 4.47. The molecule has 1 atom stereocenters. The number of rotatable bonds is 5. The molecule has 0 aliphatic rings. The molecule has 1 unspecified atom stereocenters. The maximum atomic E-state index is 11.5. The zero-order chi connectivity index (χ0) is 12.8. The highest BCUT2D eigenvalue weighted by atomic mass is 79.9. The number of amides is 1. The quantitative estimate of drug-likeness (QED) is 0.872. The number of halogens is 1. The van der Waals surface area contributed by atoms with Crippen LogP contribution >= 0.6 is 15.9 Å². The van der Waals surface area contributed by atoms with Gasteiger partial charge >= 0.3 is 0 Å². The van der Waals surface area contributed by atoms with Gasteiger partial charge in [-0.3, -0.25) is 4.79 Å². The van der Waals surface area contributed by atoms with E-state index < -0.39 is 6.10 Å². The van der Waals surface area contributed by atoms with Gasteiger partial charge in [-0.15, -0.1) is 0 Å². The molecule has 0 heterocycles. The molecule has 1 amide bonds. The summed E-state index contributed by atoms with van der Waals surface area (Å²) >= 11 is 3.40. The third-order valence-electron chi connectivity index (χ3n) is 2.27. The Hall–Kier alpha value is -1.07. The second kappa shape index (κ2) is 6.61. The third-order valence-corrected chi connectivity index (χ3v) is 3.04. The van der Waals surface area contributed by atoms with Crippen molar-refractivity contribution in [3.63, 3.8) is 0 Å². The molecule has 0 spiro atoms. The van der Waals surface area contributed by atoms with Gasteiger partial charge in [-0.25, -0.2) is 0 Å². The van der Waals surface area contributed by atoms with Crippen LogP contribution in [0, 0.1) is 0 Å². The van der Waals surface area contributed by atoms with Crippen molar-refractivity contribution in [2.45, 2.75) is 26.5 Å². The van der Waals surface area contributed by atoms with Crippen LogP contribution in [0.1, 0.15) is 19.4 Å². The molecule has 17 heavy (non-hydrogen) atoms. The molecule has 0 aliphatic heterocycles. The van der Waals surface area contributed by atoms with Gasteiger partial charge in [-0.2, -0.15) is 0 Å². The monoisotopic (exact) mass is 300 g/mol. The Kier molecular flexibility index (Phi) is 5.44. The molecule has 1 aromatic rings. The van der Waals surface area contributed by atoms with Crippen LogP contribution in [0.2, 0.25) is 0 Å². The molecule has 0 bridgehead atoms. The van der Waals surface area contributed by atoms with Crippen LogP contribution in [0.25, 0.3) is 0 Å². The minimum Gasteiger partial charge on any atom is -0.481 e. The molecular weight excluding hydrogens is 284 g/mol. The first-order valence-corrected chi connectivity index (χ1v) is 6.30. The normalized spacial score (nSPS) is 12.0. The van der Waals surface area contributed by atoms with Crippen LogP contribution < -0.4 is 15.8 Å². The average Bonchev–Trinajstić information content (AvgIpc) is 2.31. The van der Waals surface area contributed by atoms with Crippen molar-refractivity contribution >= 4 is 21.8 Å². The molecule has 1 rings (SSSR count). The summed E-state index contributed by atoms with van der Waals surface area (Å²) in [5, 5.41) is 2.71. The van der Waals surface area contributed by atoms with Gasteiger partial charge in [0.25, 0.3) is 5.91 Å². The minimum absolute atomic E-state index is 0.121. The Morgan fingerprint density at radius 3 is 2.88 bits per heavy atom. The molecule has 0 saturated carbocycles. The van der Waals surface area contributed by atoms with Crippen molar-refractivity contribution in [2.75, 3.05) is 6.54 Å². The largest absolute Gasteiger partial charge is 0.481 e. The van der Waals surface area contributed by atoms with E-state index in [2.05, 4.69) is 21.2 Å². The summed E-state index contributed by atoms with van der Waals surface area (Å²) in [6.45, 7) is 4.61. The van der Waals surface area contributed by atoms with Crippen LogP contribution in [-0.4, -0.2) is 18.6 Å². The number of benzene rings is 1. The summed E-state index contributed by atoms with van der Waals surface area (Å²) in [5.41, 5.74) is 6.54. The summed E-state index contributed by atoms with van der Waals surface area (Å²) < 4.78 is 6.48. The van der Waals surface area contributed by atoms with Gasteiger partial charge in [0.1, 0.15) is 5.75 Å². The number of likely N-dealkylation sites (N-methyl/N-ethyl adjacent to an activating group) is 1. The third kappa shape index (κ3) is 4.02. The summed E-state index contributed by atoms with van der Waals surface area (Å²) in [7, 11) is 0. The van der Waals surface area contributed by atoms with Crippen LogP contribution in [0.15, 0.2) is 22.7 Å². The second-order valence-electron chi connectivity index (χ2n) is 3.61. The summed E-state index contributed by atoms with van der Waals surface area (Å²) in [6, 6.07) is 5.50. The van der Waals surface area contributed by atoms with Gasteiger partial charge < -0.3 is 15.8 Å².